The fourth-order valence-electron chi connectivity index (χ4n) is 7.92. The van der Waals surface area contributed by atoms with Crippen molar-refractivity contribution in [3.63, 3.8) is 0 Å². The molecule has 0 saturated carbocycles. The Morgan fingerprint density at radius 3 is 1.96 bits per heavy atom. The van der Waals surface area contributed by atoms with Gasteiger partial charge in [0.05, 0.1) is 39.0 Å². The molecular formula is C43H25N5. The van der Waals surface area contributed by atoms with E-state index in [0.29, 0.717) is 5.65 Å². The summed E-state index contributed by atoms with van der Waals surface area (Å²) in [6.07, 6.45) is 1.77. The van der Waals surface area contributed by atoms with Crippen LogP contribution in [0.25, 0.3) is 99.3 Å². The molecule has 0 unspecified atom stereocenters. The van der Waals surface area contributed by atoms with Gasteiger partial charge in [-0.25, -0.2) is 15.0 Å². The van der Waals surface area contributed by atoms with E-state index in [9.17, 15) is 0 Å². The summed E-state index contributed by atoms with van der Waals surface area (Å²) in [7, 11) is 0. The second-order valence-corrected chi connectivity index (χ2v) is 12.4. The molecule has 0 amide bonds. The summed E-state index contributed by atoms with van der Waals surface area (Å²) in [5.74, 6) is 0. The van der Waals surface area contributed by atoms with Crippen molar-refractivity contribution < 1.29 is 0 Å². The van der Waals surface area contributed by atoms with Crippen molar-refractivity contribution in [1.82, 2.24) is 23.9 Å². The Bertz CT molecular complexity index is 3040. The highest BCUT2D eigenvalue weighted by molar-refractivity contribution is 6.32. The highest BCUT2D eigenvalue weighted by atomic mass is 15.0. The van der Waals surface area contributed by atoms with Crippen molar-refractivity contribution in [2.24, 2.45) is 0 Å². The molecule has 5 heterocycles. The van der Waals surface area contributed by atoms with Crippen molar-refractivity contribution in [2.45, 2.75) is 0 Å². The van der Waals surface area contributed by atoms with Gasteiger partial charge in [0.1, 0.15) is 5.52 Å². The number of nitrogens with zero attached hydrogens (tertiary/aromatic N) is 5. The molecule has 6 aromatic carbocycles. The Kier molecular flexibility index (Phi) is 5.05. The van der Waals surface area contributed by atoms with Gasteiger partial charge in [0, 0.05) is 55.3 Å². The standard InChI is InChI=1S/C43H25N5/c1-2-10-26(11-3-1)40-41(46-43-33(45-40)16-9-25-44-43)27-19-21-28(22-20-27)47-35-18-7-5-13-31(35)38-36(47)23-24-37-39(38)32-15-8-14-30-29-12-4-6-17-34(29)48(37)42(30)32/h1-25H. The van der Waals surface area contributed by atoms with E-state index in [1.165, 1.54) is 59.9 Å². The minimum atomic E-state index is 0.640. The minimum absolute atomic E-state index is 0.640. The lowest BCUT2D eigenvalue weighted by Crippen LogP contribution is -1.98. The zero-order valence-electron chi connectivity index (χ0n) is 25.7. The SMILES string of the molecule is c1ccc(-c2nc3cccnc3nc2-c2ccc(-n3c4ccccc4c4c5c6cccc7c8ccccc8n(c5ccc43)c76)cc2)cc1. The van der Waals surface area contributed by atoms with Crippen LogP contribution in [0, 0.1) is 0 Å². The van der Waals surface area contributed by atoms with E-state index in [4.69, 9.17) is 9.97 Å². The third-order valence-electron chi connectivity index (χ3n) is 9.91. The molecule has 0 spiro atoms. The molecular weight excluding hydrogens is 587 g/mol. The van der Waals surface area contributed by atoms with Crippen LogP contribution in [0.15, 0.2) is 152 Å². The molecule has 5 nitrogen and oxygen atoms in total. The van der Waals surface area contributed by atoms with Crippen molar-refractivity contribution in [1.29, 1.82) is 0 Å². The molecule has 48 heavy (non-hydrogen) atoms. The molecule has 222 valence electrons. The molecule has 0 N–H and O–H groups in total. The smallest absolute Gasteiger partial charge is 0.178 e. The van der Waals surface area contributed by atoms with Crippen molar-refractivity contribution in [3.05, 3.63) is 152 Å². The predicted molar refractivity (Wildman–Crippen MR) is 197 cm³/mol. The van der Waals surface area contributed by atoms with Crippen LogP contribution in [-0.4, -0.2) is 23.9 Å². The first kappa shape index (κ1) is 25.6. The first-order valence-electron chi connectivity index (χ1n) is 16.2. The van der Waals surface area contributed by atoms with E-state index in [0.717, 1.165) is 33.7 Å². The molecule has 5 heteroatoms. The average Bonchev–Trinajstić information content (AvgIpc) is 3.80. The Balaban J connectivity index is 1.16. The number of hydrogen-bond acceptors (Lipinski definition) is 3. The Labute approximate surface area is 274 Å². The lowest BCUT2D eigenvalue weighted by Gasteiger charge is -2.12. The molecule has 0 saturated heterocycles. The van der Waals surface area contributed by atoms with Gasteiger partial charge in [0.2, 0.25) is 0 Å². The Morgan fingerprint density at radius 1 is 0.417 bits per heavy atom. The summed E-state index contributed by atoms with van der Waals surface area (Å²) in [5.41, 5.74) is 12.4. The lowest BCUT2D eigenvalue weighted by atomic mass is 10.0. The molecule has 0 fully saturated rings. The fraction of sp³-hybridized carbons (Fsp3) is 0. The van der Waals surface area contributed by atoms with Gasteiger partial charge in [0.25, 0.3) is 0 Å². The van der Waals surface area contributed by atoms with Crippen LogP contribution >= 0.6 is 0 Å². The molecule has 5 aromatic heterocycles. The van der Waals surface area contributed by atoms with Gasteiger partial charge in [0.15, 0.2) is 5.65 Å². The zero-order chi connectivity index (χ0) is 31.3. The molecule has 11 rings (SSSR count). The van der Waals surface area contributed by atoms with E-state index < -0.39 is 0 Å². The third-order valence-corrected chi connectivity index (χ3v) is 9.91. The summed E-state index contributed by atoms with van der Waals surface area (Å²) in [6.45, 7) is 0. The number of hydrogen-bond donors (Lipinski definition) is 0. The quantitative estimate of drug-likeness (QED) is 0.200. The van der Waals surface area contributed by atoms with E-state index >= 15 is 0 Å². The number of pyridine rings is 1. The van der Waals surface area contributed by atoms with Crippen LogP contribution in [0.2, 0.25) is 0 Å². The maximum atomic E-state index is 5.03. The summed E-state index contributed by atoms with van der Waals surface area (Å²) >= 11 is 0. The summed E-state index contributed by atoms with van der Waals surface area (Å²) in [5, 5.41) is 7.72. The monoisotopic (exact) mass is 611 g/mol. The fourth-order valence-corrected chi connectivity index (χ4v) is 7.92. The first-order chi connectivity index (χ1) is 23.8. The molecule has 0 bridgehead atoms. The van der Waals surface area contributed by atoms with Crippen LogP contribution in [0.3, 0.4) is 0 Å². The van der Waals surface area contributed by atoms with Crippen LogP contribution in [-0.2, 0) is 0 Å². The predicted octanol–water partition coefficient (Wildman–Crippen LogP) is 10.6. The maximum Gasteiger partial charge on any atom is 0.178 e. The molecule has 0 aliphatic carbocycles. The van der Waals surface area contributed by atoms with Crippen LogP contribution in [0.5, 0.6) is 0 Å². The van der Waals surface area contributed by atoms with Gasteiger partial charge in [-0.2, -0.15) is 0 Å². The normalized spacial score (nSPS) is 12.2. The maximum absolute atomic E-state index is 5.03. The van der Waals surface area contributed by atoms with E-state index in [1.807, 2.05) is 30.3 Å². The molecule has 0 aliphatic rings. The molecule has 0 atom stereocenters. The van der Waals surface area contributed by atoms with Gasteiger partial charge in [-0.1, -0.05) is 97.1 Å². The van der Waals surface area contributed by atoms with Crippen molar-refractivity contribution in [3.8, 4) is 28.2 Å². The number of para-hydroxylation sites is 3. The first-order valence-corrected chi connectivity index (χ1v) is 16.2. The van der Waals surface area contributed by atoms with Gasteiger partial charge < -0.3 is 8.97 Å². The second-order valence-electron chi connectivity index (χ2n) is 12.4. The lowest BCUT2D eigenvalue weighted by molar-refractivity contribution is 1.18. The van der Waals surface area contributed by atoms with Gasteiger partial charge in [-0.15, -0.1) is 0 Å². The number of aromatic nitrogens is 5. The number of benzene rings is 6. The Hall–Kier alpha value is -6.59. The van der Waals surface area contributed by atoms with Crippen LogP contribution in [0.1, 0.15) is 0 Å². The Morgan fingerprint density at radius 2 is 1.08 bits per heavy atom. The van der Waals surface area contributed by atoms with Crippen molar-refractivity contribution in [2.75, 3.05) is 0 Å². The average molecular weight is 612 g/mol. The topological polar surface area (TPSA) is 48.0 Å². The highest BCUT2D eigenvalue weighted by Crippen LogP contribution is 2.45. The van der Waals surface area contributed by atoms with E-state index in [1.54, 1.807) is 6.20 Å². The minimum Gasteiger partial charge on any atom is -0.309 e. The molecule has 0 radical (unpaired) electrons. The molecule has 11 aromatic rings. The van der Waals surface area contributed by atoms with E-state index in [-0.39, 0.29) is 0 Å². The second kappa shape index (κ2) is 9.47. The van der Waals surface area contributed by atoms with Crippen LogP contribution in [0.4, 0.5) is 0 Å². The third kappa shape index (κ3) is 3.37. The van der Waals surface area contributed by atoms with Crippen molar-refractivity contribution >= 4 is 71.1 Å². The van der Waals surface area contributed by atoms with Gasteiger partial charge >= 0.3 is 0 Å². The summed E-state index contributed by atoms with van der Waals surface area (Å²) in [6, 6.07) is 51.7. The largest absolute Gasteiger partial charge is 0.309 e. The number of fused-ring (bicyclic) bond motifs is 11. The number of rotatable bonds is 3. The van der Waals surface area contributed by atoms with E-state index in [2.05, 4.69) is 129 Å². The van der Waals surface area contributed by atoms with Gasteiger partial charge in [-0.3, -0.25) is 0 Å². The van der Waals surface area contributed by atoms with Gasteiger partial charge in [-0.05, 0) is 48.5 Å². The highest BCUT2D eigenvalue weighted by Gasteiger charge is 2.22. The summed E-state index contributed by atoms with van der Waals surface area (Å²) in [4.78, 5) is 14.6. The summed E-state index contributed by atoms with van der Waals surface area (Å²) < 4.78 is 4.85. The zero-order valence-corrected chi connectivity index (χ0v) is 25.7. The van der Waals surface area contributed by atoms with Crippen LogP contribution < -0.4 is 0 Å². The molecule has 0 aliphatic heterocycles.